The smallest absolute Gasteiger partial charge is 0.123 e. The van der Waals surface area contributed by atoms with Gasteiger partial charge in [0.15, 0.2) is 0 Å². The van der Waals surface area contributed by atoms with Gasteiger partial charge in [-0.1, -0.05) is 22.8 Å². The summed E-state index contributed by atoms with van der Waals surface area (Å²) in [5.74, 6) is 0.727. The zero-order valence-corrected chi connectivity index (χ0v) is 8.53. The second-order valence-electron chi connectivity index (χ2n) is 2.63. The van der Waals surface area contributed by atoms with Crippen LogP contribution in [0.2, 0.25) is 5.02 Å². The van der Waals surface area contributed by atoms with E-state index in [4.69, 9.17) is 21.9 Å². The van der Waals surface area contributed by atoms with E-state index in [1.54, 1.807) is 13.2 Å². The maximum Gasteiger partial charge on any atom is 0.123 e. The van der Waals surface area contributed by atoms with Crippen LogP contribution in [0, 0.1) is 0 Å². The molecule has 0 amide bonds. The van der Waals surface area contributed by atoms with Gasteiger partial charge in [0, 0.05) is 22.0 Å². The highest BCUT2D eigenvalue weighted by Crippen LogP contribution is 2.26. The Bertz CT molecular complexity index is 361. The first-order valence-electron chi connectivity index (χ1n) is 4.12. The van der Waals surface area contributed by atoms with E-state index >= 15 is 0 Å². The molecule has 0 aliphatic rings. The summed E-state index contributed by atoms with van der Waals surface area (Å²) >= 11 is 5.97. The summed E-state index contributed by atoms with van der Waals surface area (Å²) in [7, 11) is 1.59. The van der Waals surface area contributed by atoms with Crippen molar-refractivity contribution in [1.82, 2.24) is 0 Å². The lowest BCUT2D eigenvalue weighted by Crippen LogP contribution is -1.95. The van der Waals surface area contributed by atoms with Gasteiger partial charge in [0.25, 0.3) is 0 Å². The predicted molar refractivity (Wildman–Crippen MR) is 55.7 cm³/mol. The molecule has 0 atom stereocenters. The second kappa shape index (κ2) is 5.37. The van der Waals surface area contributed by atoms with Gasteiger partial charge >= 0.3 is 0 Å². The van der Waals surface area contributed by atoms with E-state index in [1.165, 1.54) is 0 Å². The number of methoxy groups -OCH3 is 1. The monoisotopic (exact) mass is 211 g/mol. The van der Waals surface area contributed by atoms with Crippen molar-refractivity contribution in [3.63, 3.8) is 0 Å². The Kier molecular flexibility index (Phi) is 4.11. The summed E-state index contributed by atoms with van der Waals surface area (Å²) in [5.41, 5.74) is 9.01. The third kappa shape index (κ3) is 2.55. The van der Waals surface area contributed by atoms with E-state index in [-0.39, 0.29) is 0 Å². The Hall–Kier alpha value is -1.38. The number of hydrogen-bond donors (Lipinski definition) is 0. The van der Waals surface area contributed by atoms with Crippen molar-refractivity contribution < 1.29 is 4.74 Å². The Morgan fingerprint density at radius 1 is 1.57 bits per heavy atom. The number of halogens is 1. The summed E-state index contributed by atoms with van der Waals surface area (Å²) in [6, 6.07) is 5.44. The lowest BCUT2D eigenvalue weighted by molar-refractivity contribution is 0.410. The minimum absolute atomic E-state index is 0.386. The first-order valence-corrected chi connectivity index (χ1v) is 4.49. The summed E-state index contributed by atoms with van der Waals surface area (Å²) in [6.07, 6.45) is 0.590. The molecular weight excluding hydrogens is 202 g/mol. The molecule has 0 saturated heterocycles. The highest BCUT2D eigenvalue weighted by Gasteiger charge is 2.05. The summed E-state index contributed by atoms with van der Waals surface area (Å²) in [6.45, 7) is 0.386. The van der Waals surface area contributed by atoms with Crippen molar-refractivity contribution in [1.29, 1.82) is 0 Å². The van der Waals surface area contributed by atoms with E-state index in [9.17, 15) is 0 Å². The van der Waals surface area contributed by atoms with Crippen LogP contribution in [0.25, 0.3) is 10.4 Å². The van der Waals surface area contributed by atoms with E-state index in [0.29, 0.717) is 18.0 Å². The highest BCUT2D eigenvalue weighted by molar-refractivity contribution is 6.31. The zero-order valence-electron chi connectivity index (χ0n) is 7.77. The van der Waals surface area contributed by atoms with Gasteiger partial charge in [-0.15, -0.1) is 0 Å². The molecule has 14 heavy (non-hydrogen) atoms. The van der Waals surface area contributed by atoms with E-state index in [2.05, 4.69) is 10.0 Å². The number of azide groups is 1. The Morgan fingerprint density at radius 2 is 2.36 bits per heavy atom. The molecule has 74 valence electrons. The molecule has 1 aromatic carbocycles. The SMILES string of the molecule is COc1cccc(Cl)c1CCN=[N+]=[N-]. The minimum atomic E-state index is 0.386. The summed E-state index contributed by atoms with van der Waals surface area (Å²) in [4.78, 5) is 2.68. The number of nitrogens with zero attached hydrogens (tertiary/aromatic N) is 3. The van der Waals surface area contributed by atoms with Crippen molar-refractivity contribution in [3.05, 3.63) is 39.2 Å². The lowest BCUT2D eigenvalue weighted by atomic mass is 10.1. The van der Waals surface area contributed by atoms with Gasteiger partial charge in [-0.05, 0) is 24.1 Å². The van der Waals surface area contributed by atoms with Crippen LogP contribution in [0.3, 0.4) is 0 Å². The van der Waals surface area contributed by atoms with Gasteiger partial charge < -0.3 is 4.74 Å². The van der Waals surface area contributed by atoms with Crippen LogP contribution in [-0.2, 0) is 6.42 Å². The minimum Gasteiger partial charge on any atom is -0.496 e. The number of benzene rings is 1. The summed E-state index contributed by atoms with van der Waals surface area (Å²) in [5, 5.41) is 4.09. The number of hydrogen-bond acceptors (Lipinski definition) is 2. The van der Waals surface area contributed by atoms with Gasteiger partial charge in [-0.25, -0.2) is 0 Å². The fraction of sp³-hybridized carbons (Fsp3) is 0.333. The van der Waals surface area contributed by atoms with Crippen LogP contribution in [0.5, 0.6) is 5.75 Å². The molecular formula is C9H10ClN3O. The van der Waals surface area contributed by atoms with Crippen LogP contribution < -0.4 is 4.74 Å². The fourth-order valence-electron chi connectivity index (χ4n) is 1.18. The lowest BCUT2D eigenvalue weighted by Gasteiger charge is -2.08. The molecule has 0 fully saturated rings. The molecule has 0 unspecified atom stereocenters. The average Bonchev–Trinajstić information content (AvgIpc) is 2.20. The van der Waals surface area contributed by atoms with E-state index < -0.39 is 0 Å². The molecule has 0 bridgehead atoms. The van der Waals surface area contributed by atoms with E-state index in [0.717, 1.165) is 11.3 Å². The van der Waals surface area contributed by atoms with Gasteiger partial charge in [-0.3, -0.25) is 0 Å². The predicted octanol–water partition coefficient (Wildman–Crippen LogP) is 3.20. The van der Waals surface area contributed by atoms with Crippen molar-refractivity contribution in [3.8, 4) is 5.75 Å². The van der Waals surface area contributed by atoms with Gasteiger partial charge in [-0.2, -0.15) is 0 Å². The van der Waals surface area contributed by atoms with Crippen molar-refractivity contribution >= 4 is 11.6 Å². The molecule has 0 heterocycles. The molecule has 1 aromatic rings. The molecule has 0 radical (unpaired) electrons. The summed E-state index contributed by atoms with van der Waals surface area (Å²) < 4.78 is 5.14. The molecule has 4 nitrogen and oxygen atoms in total. The Morgan fingerprint density at radius 3 is 3.00 bits per heavy atom. The molecule has 5 heteroatoms. The van der Waals surface area contributed by atoms with E-state index in [1.807, 2.05) is 12.1 Å². The topological polar surface area (TPSA) is 58.0 Å². The molecule has 0 N–H and O–H groups in total. The van der Waals surface area contributed by atoms with Gasteiger partial charge in [0.05, 0.1) is 7.11 Å². The molecule has 0 aliphatic heterocycles. The Labute approximate surface area is 87.1 Å². The zero-order chi connectivity index (χ0) is 10.4. The fourth-order valence-corrected chi connectivity index (χ4v) is 1.44. The largest absolute Gasteiger partial charge is 0.496 e. The molecule has 0 aliphatic carbocycles. The standard InChI is InChI=1S/C9H10ClN3O/c1-14-9-4-2-3-8(10)7(9)5-6-12-13-11/h2-4H,5-6H2,1H3. The first kappa shape index (κ1) is 10.7. The molecule has 0 spiro atoms. The molecule has 0 saturated carbocycles. The second-order valence-corrected chi connectivity index (χ2v) is 3.03. The van der Waals surface area contributed by atoms with Crippen LogP contribution in [0.15, 0.2) is 23.3 Å². The number of ether oxygens (including phenoxy) is 1. The normalized spacial score (nSPS) is 9.29. The van der Waals surface area contributed by atoms with Crippen molar-refractivity contribution in [2.45, 2.75) is 6.42 Å². The molecule has 0 aromatic heterocycles. The Balaban J connectivity index is 2.87. The van der Waals surface area contributed by atoms with Crippen molar-refractivity contribution in [2.24, 2.45) is 5.11 Å². The van der Waals surface area contributed by atoms with Gasteiger partial charge in [0.1, 0.15) is 5.75 Å². The van der Waals surface area contributed by atoms with Crippen molar-refractivity contribution in [2.75, 3.05) is 13.7 Å². The maximum absolute atomic E-state index is 8.13. The molecule has 1 rings (SSSR count). The third-order valence-electron chi connectivity index (χ3n) is 1.82. The first-order chi connectivity index (χ1) is 6.79. The highest BCUT2D eigenvalue weighted by atomic mass is 35.5. The average molecular weight is 212 g/mol. The number of rotatable bonds is 4. The van der Waals surface area contributed by atoms with Crippen LogP contribution in [-0.4, -0.2) is 13.7 Å². The van der Waals surface area contributed by atoms with Crippen LogP contribution in [0.4, 0.5) is 0 Å². The third-order valence-corrected chi connectivity index (χ3v) is 2.17. The van der Waals surface area contributed by atoms with Crippen LogP contribution >= 0.6 is 11.6 Å². The quantitative estimate of drug-likeness (QED) is 0.429. The van der Waals surface area contributed by atoms with Crippen LogP contribution in [0.1, 0.15) is 5.56 Å². The van der Waals surface area contributed by atoms with Gasteiger partial charge in [0.2, 0.25) is 0 Å². The maximum atomic E-state index is 8.13.